The van der Waals surface area contributed by atoms with E-state index in [1.807, 2.05) is 24.3 Å². The number of nitrogens with two attached hydrogens (primary N) is 1. The number of hydrogen-bond acceptors (Lipinski definition) is 6. The zero-order valence-corrected chi connectivity index (χ0v) is 10.8. The Morgan fingerprint density at radius 3 is 2.60 bits per heavy atom. The number of nitrogen functional groups attached to an aromatic ring is 1. The van der Waals surface area contributed by atoms with Gasteiger partial charge in [0.1, 0.15) is 5.75 Å². The Kier molecular flexibility index (Phi) is 3.04. The van der Waals surface area contributed by atoms with E-state index in [4.69, 9.17) is 15.0 Å². The fraction of sp³-hybridized carbons (Fsp3) is 0.0714. The van der Waals surface area contributed by atoms with E-state index in [9.17, 15) is 0 Å². The topological polar surface area (TPSA) is 87.1 Å². The Morgan fingerprint density at radius 1 is 1.10 bits per heavy atom. The molecule has 0 unspecified atom stereocenters. The van der Waals surface area contributed by atoms with Crippen LogP contribution in [0.5, 0.6) is 5.75 Å². The summed E-state index contributed by atoms with van der Waals surface area (Å²) in [5.41, 5.74) is 7.81. The van der Waals surface area contributed by atoms with Crippen LogP contribution >= 0.6 is 0 Å². The molecule has 0 aliphatic carbocycles. The molecule has 3 aromatic rings. The first-order valence-electron chi connectivity index (χ1n) is 5.97. The van der Waals surface area contributed by atoms with Gasteiger partial charge in [-0.2, -0.15) is 0 Å². The largest absolute Gasteiger partial charge is 0.496 e. The third-order valence-corrected chi connectivity index (χ3v) is 2.87. The van der Waals surface area contributed by atoms with Gasteiger partial charge in [-0.15, -0.1) is 0 Å². The van der Waals surface area contributed by atoms with Crippen molar-refractivity contribution in [2.24, 2.45) is 0 Å². The highest BCUT2D eigenvalue weighted by atomic mass is 16.5. The van der Waals surface area contributed by atoms with Crippen LogP contribution in [0.25, 0.3) is 22.6 Å². The molecule has 20 heavy (non-hydrogen) atoms. The third kappa shape index (κ3) is 1.97. The molecule has 0 saturated heterocycles. The maximum atomic E-state index is 5.89. The Balaban J connectivity index is 2.22. The fourth-order valence-corrected chi connectivity index (χ4v) is 1.99. The van der Waals surface area contributed by atoms with Gasteiger partial charge in [0.05, 0.1) is 12.7 Å². The normalized spacial score (nSPS) is 10.4. The average molecular weight is 268 g/mol. The lowest BCUT2D eigenvalue weighted by Crippen LogP contribution is -1.94. The van der Waals surface area contributed by atoms with Crippen molar-refractivity contribution in [3.63, 3.8) is 0 Å². The summed E-state index contributed by atoms with van der Waals surface area (Å²) in [7, 11) is 1.60. The monoisotopic (exact) mass is 268 g/mol. The molecule has 2 aromatic heterocycles. The van der Waals surface area contributed by atoms with Crippen molar-refractivity contribution in [2.75, 3.05) is 12.8 Å². The van der Waals surface area contributed by atoms with Crippen molar-refractivity contribution in [2.45, 2.75) is 0 Å². The van der Waals surface area contributed by atoms with E-state index >= 15 is 0 Å². The van der Waals surface area contributed by atoms with Gasteiger partial charge in [0.15, 0.2) is 11.5 Å². The van der Waals surface area contributed by atoms with E-state index in [1.165, 1.54) is 0 Å². The van der Waals surface area contributed by atoms with E-state index in [1.54, 1.807) is 25.6 Å². The molecule has 0 saturated carbocycles. The molecule has 0 spiro atoms. The predicted molar refractivity (Wildman–Crippen MR) is 73.9 cm³/mol. The van der Waals surface area contributed by atoms with E-state index < -0.39 is 0 Å². The number of methoxy groups -OCH3 is 1. The van der Waals surface area contributed by atoms with Gasteiger partial charge in [-0.1, -0.05) is 23.4 Å². The van der Waals surface area contributed by atoms with Gasteiger partial charge in [0.2, 0.25) is 5.88 Å². The number of ether oxygens (including phenoxy) is 1. The van der Waals surface area contributed by atoms with Crippen molar-refractivity contribution >= 4 is 5.88 Å². The van der Waals surface area contributed by atoms with Crippen LogP contribution in [-0.2, 0) is 0 Å². The Labute approximate surface area is 115 Å². The van der Waals surface area contributed by atoms with Gasteiger partial charge < -0.3 is 15.0 Å². The highest BCUT2D eigenvalue weighted by molar-refractivity contribution is 5.87. The van der Waals surface area contributed by atoms with Crippen LogP contribution in [0.2, 0.25) is 0 Å². The van der Waals surface area contributed by atoms with Gasteiger partial charge in [-0.05, 0) is 12.1 Å². The fourth-order valence-electron chi connectivity index (χ4n) is 1.99. The van der Waals surface area contributed by atoms with Crippen molar-refractivity contribution < 1.29 is 9.26 Å². The van der Waals surface area contributed by atoms with Crippen LogP contribution in [0, 0.1) is 0 Å². The zero-order valence-electron chi connectivity index (χ0n) is 10.8. The molecule has 0 aliphatic rings. The number of aromatic nitrogens is 3. The number of para-hydroxylation sites is 1. The molecule has 0 aliphatic heterocycles. The summed E-state index contributed by atoms with van der Waals surface area (Å²) < 4.78 is 10.4. The smallest absolute Gasteiger partial charge is 0.230 e. The summed E-state index contributed by atoms with van der Waals surface area (Å²) in [6, 6.07) is 9.23. The highest BCUT2D eigenvalue weighted by Crippen LogP contribution is 2.39. The summed E-state index contributed by atoms with van der Waals surface area (Å²) in [6.45, 7) is 0. The zero-order chi connectivity index (χ0) is 13.9. The molecular formula is C14H12N4O2. The molecule has 6 nitrogen and oxygen atoms in total. The minimum atomic E-state index is 0.206. The minimum Gasteiger partial charge on any atom is -0.496 e. The number of anilines is 1. The molecule has 2 N–H and O–H groups in total. The lowest BCUT2D eigenvalue weighted by molar-refractivity contribution is 0.416. The predicted octanol–water partition coefficient (Wildman–Crippen LogP) is 2.39. The van der Waals surface area contributed by atoms with E-state index in [-0.39, 0.29) is 5.88 Å². The van der Waals surface area contributed by atoms with Crippen LogP contribution in [0.3, 0.4) is 0 Å². The molecule has 3 rings (SSSR count). The van der Waals surface area contributed by atoms with E-state index in [0.29, 0.717) is 22.8 Å². The number of hydrogen-bond donors (Lipinski definition) is 1. The van der Waals surface area contributed by atoms with Gasteiger partial charge in [-0.3, -0.25) is 0 Å². The summed E-state index contributed by atoms with van der Waals surface area (Å²) >= 11 is 0. The third-order valence-electron chi connectivity index (χ3n) is 2.87. The van der Waals surface area contributed by atoms with Crippen molar-refractivity contribution in [3.8, 4) is 28.4 Å². The van der Waals surface area contributed by atoms with Crippen LogP contribution < -0.4 is 10.5 Å². The first kappa shape index (κ1) is 12.2. The van der Waals surface area contributed by atoms with Crippen LogP contribution in [0.1, 0.15) is 0 Å². The molecular weight excluding hydrogens is 256 g/mol. The summed E-state index contributed by atoms with van der Waals surface area (Å²) in [5, 5.41) is 3.96. The lowest BCUT2D eigenvalue weighted by Gasteiger charge is -2.07. The van der Waals surface area contributed by atoms with Gasteiger partial charge in [0, 0.05) is 18.0 Å². The van der Waals surface area contributed by atoms with E-state index in [2.05, 4.69) is 15.1 Å². The van der Waals surface area contributed by atoms with Crippen molar-refractivity contribution in [3.05, 3.63) is 42.7 Å². The second kappa shape index (κ2) is 5.00. The molecule has 0 amide bonds. The van der Waals surface area contributed by atoms with Crippen LogP contribution in [-0.4, -0.2) is 22.2 Å². The second-order valence-corrected chi connectivity index (χ2v) is 4.04. The highest BCUT2D eigenvalue weighted by Gasteiger charge is 2.21. The first-order chi connectivity index (χ1) is 9.81. The van der Waals surface area contributed by atoms with Gasteiger partial charge in [-0.25, -0.2) is 9.97 Å². The molecule has 2 heterocycles. The molecule has 0 fully saturated rings. The van der Waals surface area contributed by atoms with Gasteiger partial charge >= 0.3 is 0 Å². The Hall–Kier alpha value is -2.89. The SMILES string of the molecule is COc1ccccc1-c1c(-c2ncccn2)noc1N. The number of nitrogens with zero attached hydrogens (tertiary/aromatic N) is 3. The second-order valence-electron chi connectivity index (χ2n) is 4.04. The molecule has 0 bridgehead atoms. The minimum absolute atomic E-state index is 0.206. The van der Waals surface area contributed by atoms with Crippen molar-refractivity contribution in [1.82, 2.24) is 15.1 Å². The quantitative estimate of drug-likeness (QED) is 0.784. The van der Waals surface area contributed by atoms with Gasteiger partial charge in [0.25, 0.3) is 0 Å². The number of benzene rings is 1. The lowest BCUT2D eigenvalue weighted by atomic mass is 10.0. The summed E-state index contributed by atoms with van der Waals surface area (Å²) in [5.74, 6) is 1.34. The molecule has 100 valence electrons. The maximum Gasteiger partial charge on any atom is 0.230 e. The Bertz CT molecular complexity index is 725. The molecule has 1 aromatic carbocycles. The number of rotatable bonds is 3. The standard InChI is InChI=1S/C14H12N4O2/c1-19-10-6-3-2-5-9(10)11-12(18-20-13(11)15)14-16-7-4-8-17-14/h2-8H,15H2,1H3. The average Bonchev–Trinajstić information content (AvgIpc) is 2.89. The molecule has 6 heteroatoms. The van der Waals surface area contributed by atoms with Crippen molar-refractivity contribution in [1.29, 1.82) is 0 Å². The van der Waals surface area contributed by atoms with Crippen LogP contribution in [0.4, 0.5) is 5.88 Å². The first-order valence-corrected chi connectivity index (χ1v) is 5.97. The van der Waals surface area contributed by atoms with E-state index in [0.717, 1.165) is 5.56 Å². The molecule has 0 atom stereocenters. The maximum absolute atomic E-state index is 5.89. The molecule has 0 radical (unpaired) electrons. The Morgan fingerprint density at radius 2 is 1.85 bits per heavy atom. The summed E-state index contributed by atoms with van der Waals surface area (Å²) in [6.07, 6.45) is 3.28. The van der Waals surface area contributed by atoms with Crippen LogP contribution in [0.15, 0.2) is 47.2 Å². The summed E-state index contributed by atoms with van der Waals surface area (Å²) in [4.78, 5) is 8.35.